The Hall–Kier alpha value is -1.30. The van der Waals surface area contributed by atoms with Crippen molar-refractivity contribution in [1.82, 2.24) is 0 Å². The minimum absolute atomic E-state index is 0.0246. The number of fused-ring (bicyclic) bond motifs is 1. The predicted octanol–water partition coefficient (Wildman–Crippen LogP) is 2.90. The molecule has 19 heavy (non-hydrogen) atoms. The van der Waals surface area contributed by atoms with Crippen LogP contribution in [0, 0.1) is 5.92 Å². The van der Waals surface area contributed by atoms with Crippen LogP contribution >= 0.6 is 12.2 Å². The summed E-state index contributed by atoms with van der Waals surface area (Å²) in [6.45, 7) is 1.70. The first kappa shape index (κ1) is 14.1. The van der Waals surface area contributed by atoms with Crippen molar-refractivity contribution in [3.05, 3.63) is 29.8 Å². The number of thiocarbonyl (C=S) groups is 1. The molecule has 0 radical (unpaired) electrons. The Labute approximate surface area is 115 Å². The summed E-state index contributed by atoms with van der Waals surface area (Å²) in [6, 6.07) is 7.52. The summed E-state index contributed by atoms with van der Waals surface area (Å²) in [5.74, 6) is -1.77. The summed E-state index contributed by atoms with van der Waals surface area (Å²) in [7, 11) is 0. The van der Waals surface area contributed by atoms with Crippen LogP contribution in [0.15, 0.2) is 24.3 Å². The molecule has 0 amide bonds. The minimum Gasteiger partial charge on any atom is -0.393 e. The van der Waals surface area contributed by atoms with Gasteiger partial charge in [0.1, 0.15) is 5.92 Å². The van der Waals surface area contributed by atoms with E-state index >= 15 is 0 Å². The quantitative estimate of drug-likeness (QED) is 0.867. The monoisotopic (exact) mass is 288 g/mol. The number of halogens is 3. The van der Waals surface area contributed by atoms with Gasteiger partial charge in [0.05, 0.1) is 4.99 Å². The van der Waals surface area contributed by atoms with E-state index in [2.05, 4.69) is 12.2 Å². The molecule has 0 aromatic heterocycles. The maximum Gasteiger partial charge on any atom is 0.399 e. The first-order valence-corrected chi connectivity index (χ1v) is 6.42. The molecular formula is C13H15F3N2S. The van der Waals surface area contributed by atoms with Crippen molar-refractivity contribution < 1.29 is 13.2 Å². The van der Waals surface area contributed by atoms with E-state index in [0.29, 0.717) is 0 Å². The van der Waals surface area contributed by atoms with Crippen LogP contribution in [0.3, 0.4) is 0 Å². The van der Waals surface area contributed by atoms with Crippen molar-refractivity contribution >= 4 is 22.9 Å². The van der Waals surface area contributed by atoms with Crippen LogP contribution in [0.25, 0.3) is 0 Å². The topological polar surface area (TPSA) is 29.3 Å². The molecule has 0 saturated heterocycles. The van der Waals surface area contributed by atoms with Gasteiger partial charge in [-0.2, -0.15) is 13.2 Å². The molecule has 2 atom stereocenters. The van der Waals surface area contributed by atoms with Crippen molar-refractivity contribution in [2.45, 2.75) is 25.6 Å². The molecule has 1 aromatic rings. The van der Waals surface area contributed by atoms with E-state index in [-0.39, 0.29) is 12.6 Å². The van der Waals surface area contributed by atoms with E-state index in [1.807, 2.05) is 31.2 Å². The molecule has 0 bridgehead atoms. The zero-order valence-electron chi connectivity index (χ0n) is 10.4. The van der Waals surface area contributed by atoms with Crippen molar-refractivity contribution in [1.29, 1.82) is 0 Å². The second-order valence-corrected chi connectivity index (χ2v) is 5.30. The number of rotatable bonds is 3. The number of para-hydroxylation sites is 1. The third-order valence-electron chi connectivity index (χ3n) is 3.47. The summed E-state index contributed by atoms with van der Waals surface area (Å²) >= 11 is 4.57. The maximum atomic E-state index is 12.9. The van der Waals surface area contributed by atoms with E-state index in [9.17, 15) is 13.2 Å². The Morgan fingerprint density at radius 3 is 2.68 bits per heavy atom. The Bertz CT molecular complexity index is 487. The summed E-state index contributed by atoms with van der Waals surface area (Å²) in [6.07, 6.45) is -3.65. The lowest BCUT2D eigenvalue weighted by Crippen LogP contribution is -2.45. The Kier molecular flexibility index (Phi) is 3.71. The van der Waals surface area contributed by atoms with Crippen LogP contribution in [0.1, 0.15) is 12.5 Å². The molecular weight excluding hydrogens is 273 g/mol. The highest BCUT2D eigenvalue weighted by molar-refractivity contribution is 7.80. The van der Waals surface area contributed by atoms with E-state index in [1.165, 1.54) is 0 Å². The van der Waals surface area contributed by atoms with Crippen molar-refractivity contribution in [2.24, 2.45) is 11.7 Å². The molecule has 0 aliphatic carbocycles. The van der Waals surface area contributed by atoms with Gasteiger partial charge in [-0.05, 0) is 25.0 Å². The van der Waals surface area contributed by atoms with Crippen molar-refractivity contribution in [2.75, 3.05) is 11.4 Å². The normalized spacial score (nSPS) is 20.2. The van der Waals surface area contributed by atoms with Crippen LogP contribution in [0.4, 0.5) is 18.9 Å². The second kappa shape index (κ2) is 5.00. The van der Waals surface area contributed by atoms with E-state index in [4.69, 9.17) is 5.73 Å². The minimum atomic E-state index is -4.40. The second-order valence-electron chi connectivity index (χ2n) is 4.83. The van der Waals surface area contributed by atoms with Gasteiger partial charge in [-0.25, -0.2) is 0 Å². The van der Waals surface area contributed by atoms with E-state index in [1.54, 1.807) is 4.90 Å². The van der Waals surface area contributed by atoms with Gasteiger partial charge in [-0.15, -0.1) is 0 Å². The molecule has 2 unspecified atom stereocenters. The van der Waals surface area contributed by atoms with Gasteiger partial charge in [-0.1, -0.05) is 30.4 Å². The van der Waals surface area contributed by atoms with Gasteiger partial charge in [0.2, 0.25) is 0 Å². The van der Waals surface area contributed by atoms with Crippen LogP contribution < -0.4 is 10.6 Å². The fourth-order valence-corrected chi connectivity index (χ4v) is 2.67. The van der Waals surface area contributed by atoms with Gasteiger partial charge in [0.15, 0.2) is 0 Å². The Morgan fingerprint density at radius 1 is 1.47 bits per heavy atom. The third kappa shape index (κ3) is 2.83. The molecule has 104 valence electrons. The molecule has 0 fully saturated rings. The number of hydrogen-bond acceptors (Lipinski definition) is 2. The Balaban J connectivity index is 2.25. The average molecular weight is 288 g/mol. The largest absolute Gasteiger partial charge is 0.399 e. The van der Waals surface area contributed by atoms with Crippen molar-refractivity contribution in [3.8, 4) is 0 Å². The van der Waals surface area contributed by atoms with Gasteiger partial charge >= 0.3 is 6.18 Å². The highest BCUT2D eigenvalue weighted by atomic mass is 32.1. The summed E-state index contributed by atoms with van der Waals surface area (Å²) in [4.78, 5) is 1.25. The summed E-state index contributed by atoms with van der Waals surface area (Å²) < 4.78 is 38.8. The van der Waals surface area contributed by atoms with E-state index in [0.717, 1.165) is 17.7 Å². The third-order valence-corrected chi connectivity index (χ3v) is 3.75. The van der Waals surface area contributed by atoms with Crippen molar-refractivity contribution in [3.63, 3.8) is 0 Å². The lowest BCUT2D eigenvalue weighted by atomic mass is 10.1. The number of benzene rings is 1. The molecule has 1 aromatic carbocycles. The number of alkyl halides is 3. The molecule has 0 spiro atoms. The zero-order valence-corrected chi connectivity index (χ0v) is 11.3. The summed E-state index contributed by atoms with van der Waals surface area (Å²) in [5, 5.41) is 0. The standard InChI is InChI=1S/C13H15F3N2S/c1-8-6-9-4-2-3-5-11(9)18(8)7-10(12(17)19)13(14,15)16/h2-5,8,10H,6-7H2,1H3,(H2,17,19). The highest BCUT2D eigenvalue weighted by Crippen LogP contribution is 2.35. The van der Waals surface area contributed by atoms with E-state index < -0.39 is 17.1 Å². The molecule has 2 nitrogen and oxygen atoms in total. The first-order valence-electron chi connectivity index (χ1n) is 6.01. The molecule has 1 aliphatic heterocycles. The van der Waals surface area contributed by atoms with Crippen LogP contribution in [0.2, 0.25) is 0 Å². The first-order chi connectivity index (χ1) is 8.80. The zero-order chi connectivity index (χ0) is 14.2. The SMILES string of the molecule is CC1Cc2ccccc2N1CC(C(N)=S)C(F)(F)F. The molecule has 1 aliphatic rings. The molecule has 6 heteroatoms. The lowest BCUT2D eigenvalue weighted by molar-refractivity contribution is -0.152. The van der Waals surface area contributed by atoms with Gasteiger partial charge in [0, 0.05) is 18.3 Å². The fraction of sp³-hybridized carbons (Fsp3) is 0.462. The highest BCUT2D eigenvalue weighted by Gasteiger charge is 2.44. The average Bonchev–Trinajstić information content (AvgIpc) is 2.59. The number of anilines is 1. The molecule has 1 heterocycles. The lowest BCUT2D eigenvalue weighted by Gasteiger charge is -2.30. The van der Waals surface area contributed by atoms with Gasteiger partial charge in [0.25, 0.3) is 0 Å². The molecule has 2 rings (SSSR count). The molecule has 2 N–H and O–H groups in total. The van der Waals surface area contributed by atoms with Crippen LogP contribution in [0.5, 0.6) is 0 Å². The fourth-order valence-electron chi connectivity index (χ4n) is 2.46. The smallest absolute Gasteiger partial charge is 0.393 e. The maximum absolute atomic E-state index is 12.9. The number of nitrogens with two attached hydrogens (primary N) is 1. The van der Waals surface area contributed by atoms with Gasteiger partial charge in [-0.3, -0.25) is 0 Å². The van der Waals surface area contributed by atoms with Crippen LogP contribution in [-0.4, -0.2) is 23.8 Å². The van der Waals surface area contributed by atoms with Gasteiger partial charge < -0.3 is 10.6 Å². The number of hydrogen-bond donors (Lipinski definition) is 1. The summed E-state index contributed by atoms with van der Waals surface area (Å²) in [5.41, 5.74) is 7.17. The predicted molar refractivity (Wildman–Crippen MR) is 73.3 cm³/mol. The number of nitrogens with zero attached hydrogens (tertiary/aromatic N) is 1. The Morgan fingerprint density at radius 2 is 2.11 bits per heavy atom. The molecule has 0 saturated carbocycles. The van der Waals surface area contributed by atoms with Crippen LogP contribution in [-0.2, 0) is 6.42 Å².